The molecule has 0 atom stereocenters. The Hall–Kier alpha value is -0.470. The number of hydrogen-bond acceptors (Lipinski definition) is 2. The molecule has 0 aliphatic rings. The maximum atomic E-state index is 9.28. The first-order valence-corrected chi connectivity index (χ1v) is 9.68. The third-order valence-corrected chi connectivity index (χ3v) is 5.10. The molecule has 0 saturated heterocycles. The molecule has 0 aromatic heterocycles. The molecule has 0 radical (unpaired) electrons. The molecule has 0 aliphatic heterocycles. The molecule has 0 aliphatic carbocycles. The van der Waals surface area contributed by atoms with Gasteiger partial charge >= 0.3 is 0 Å². The second-order valence-electron chi connectivity index (χ2n) is 5.80. The normalized spacial score (nSPS) is 11.0. The van der Waals surface area contributed by atoms with E-state index >= 15 is 0 Å². The first-order chi connectivity index (χ1) is 10.4. The van der Waals surface area contributed by atoms with Crippen LogP contribution in [-0.4, -0.2) is 10.9 Å². The Bertz CT molecular complexity index is 351. The maximum absolute atomic E-state index is 9.28. The molecule has 0 amide bonds. The number of benzene rings is 1. The van der Waals surface area contributed by atoms with Gasteiger partial charge in [0.15, 0.2) is 0 Å². The minimum Gasteiger partial charge on any atom is -0.392 e. The molecule has 1 aromatic rings. The van der Waals surface area contributed by atoms with Gasteiger partial charge in [-0.15, -0.1) is 11.8 Å². The lowest BCUT2D eigenvalue weighted by molar-refractivity contribution is 0.279. The highest BCUT2D eigenvalue weighted by molar-refractivity contribution is 7.99. The van der Waals surface area contributed by atoms with Crippen LogP contribution in [0.15, 0.2) is 29.2 Å². The minimum atomic E-state index is 0.154. The van der Waals surface area contributed by atoms with E-state index in [0.29, 0.717) is 0 Å². The average molecular weight is 309 g/mol. The SMILES string of the molecule is CCCCCCCCCCCCSc1ccccc1CO. The Morgan fingerprint density at radius 3 is 2.00 bits per heavy atom. The van der Waals surface area contributed by atoms with E-state index < -0.39 is 0 Å². The fraction of sp³-hybridized carbons (Fsp3) is 0.684. The van der Waals surface area contributed by atoms with E-state index in [2.05, 4.69) is 19.1 Å². The molecule has 120 valence electrons. The van der Waals surface area contributed by atoms with Crippen LogP contribution in [0, 0.1) is 0 Å². The number of unbranched alkanes of at least 4 members (excludes halogenated alkanes) is 9. The number of thioether (sulfide) groups is 1. The molecule has 0 spiro atoms. The molecule has 1 rings (SSSR count). The zero-order chi connectivity index (χ0) is 15.2. The van der Waals surface area contributed by atoms with Crippen molar-refractivity contribution in [2.24, 2.45) is 0 Å². The average Bonchev–Trinajstić information content (AvgIpc) is 2.53. The van der Waals surface area contributed by atoms with Crippen LogP contribution in [0.3, 0.4) is 0 Å². The molecule has 1 nitrogen and oxygen atoms in total. The van der Waals surface area contributed by atoms with Crippen LogP contribution < -0.4 is 0 Å². The lowest BCUT2D eigenvalue weighted by atomic mass is 10.1. The van der Waals surface area contributed by atoms with Crippen molar-refractivity contribution in [3.8, 4) is 0 Å². The van der Waals surface area contributed by atoms with E-state index in [4.69, 9.17) is 0 Å². The van der Waals surface area contributed by atoms with Gasteiger partial charge in [0.25, 0.3) is 0 Å². The zero-order valence-corrected chi connectivity index (χ0v) is 14.5. The van der Waals surface area contributed by atoms with Gasteiger partial charge in [0.1, 0.15) is 0 Å². The van der Waals surface area contributed by atoms with Gasteiger partial charge in [0.05, 0.1) is 6.61 Å². The van der Waals surface area contributed by atoms with Gasteiger partial charge in [-0.1, -0.05) is 82.9 Å². The van der Waals surface area contributed by atoms with Crippen molar-refractivity contribution in [3.63, 3.8) is 0 Å². The van der Waals surface area contributed by atoms with Crippen molar-refractivity contribution in [2.45, 2.75) is 82.6 Å². The number of hydrogen-bond donors (Lipinski definition) is 1. The van der Waals surface area contributed by atoms with Gasteiger partial charge in [0.2, 0.25) is 0 Å². The first-order valence-electron chi connectivity index (χ1n) is 8.70. The van der Waals surface area contributed by atoms with Gasteiger partial charge in [-0.05, 0) is 23.8 Å². The second-order valence-corrected chi connectivity index (χ2v) is 6.93. The highest BCUT2D eigenvalue weighted by atomic mass is 32.2. The van der Waals surface area contributed by atoms with Gasteiger partial charge < -0.3 is 5.11 Å². The summed E-state index contributed by atoms with van der Waals surface area (Å²) in [4.78, 5) is 1.25. The fourth-order valence-corrected chi connectivity index (χ4v) is 3.61. The second kappa shape index (κ2) is 13.2. The summed E-state index contributed by atoms with van der Waals surface area (Å²) in [6.07, 6.45) is 13.9. The van der Waals surface area contributed by atoms with Crippen molar-refractivity contribution in [1.29, 1.82) is 0 Å². The summed E-state index contributed by atoms with van der Waals surface area (Å²) in [7, 11) is 0. The first kappa shape index (κ1) is 18.6. The van der Waals surface area contributed by atoms with Crippen LogP contribution in [-0.2, 0) is 6.61 Å². The molecular formula is C19H32OS. The predicted molar refractivity (Wildman–Crippen MR) is 94.9 cm³/mol. The van der Waals surface area contributed by atoms with E-state index in [1.807, 2.05) is 23.9 Å². The quantitative estimate of drug-likeness (QED) is 0.346. The van der Waals surface area contributed by atoms with Gasteiger partial charge in [-0.3, -0.25) is 0 Å². The van der Waals surface area contributed by atoms with Crippen molar-refractivity contribution in [1.82, 2.24) is 0 Å². The summed E-state index contributed by atoms with van der Waals surface area (Å²) >= 11 is 1.89. The Morgan fingerprint density at radius 1 is 0.810 bits per heavy atom. The van der Waals surface area contributed by atoms with Gasteiger partial charge in [-0.2, -0.15) is 0 Å². The molecule has 2 heteroatoms. The third kappa shape index (κ3) is 9.21. The monoisotopic (exact) mass is 308 g/mol. The fourth-order valence-electron chi connectivity index (χ4n) is 2.55. The smallest absolute Gasteiger partial charge is 0.0692 e. The Balaban J connectivity index is 1.93. The highest BCUT2D eigenvalue weighted by Crippen LogP contribution is 2.24. The molecule has 0 fully saturated rings. The van der Waals surface area contributed by atoms with Gasteiger partial charge in [0, 0.05) is 4.90 Å². The van der Waals surface area contributed by atoms with Crippen molar-refractivity contribution in [3.05, 3.63) is 29.8 Å². The Labute approximate surface area is 135 Å². The largest absolute Gasteiger partial charge is 0.392 e. The lowest BCUT2D eigenvalue weighted by Crippen LogP contribution is -1.88. The standard InChI is InChI=1S/C19H32OS/c1-2-3-4-5-6-7-8-9-10-13-16-21-19-15-12-11-14-18(19)17-20/h11-12,14-15,20H,2-10,13,16-17H2,1H3. The maximum Gasteiger partial charge on any atom is 0.0692 e. The summed E-state index contributed by atoms with van der Waals surface area (Å²) in [5.74, 6) is 1.17. The van der Waals surface area contributed by atoms with E-state index in [1.54, 1.807) is 0 Å². The summed E-state index contributed by atoms with van der Waals surface area (Å²) in [6.45, 7) is 2.43. The minimum absolute atomic E-state index is 0.154. The summed E-state index contributed by atoms with van der Waals surface area (Å²) in [5.41, 5.74) is 1.06. The molecular weight excluding hydrogens is 276 g/mol. The molecule has 0 unspecified atom stereocenters. The van der Waals surface area contributed by atoms with Crippen LogP contribution in [0.1, 0.15) is 76.7 Å². The van der Waals surface area contributed by atoms with Crippen LogP contribution in [0.25, 0.3) is 0 Å². The van der Waals surface area contributed by atoms with Gasteiger partial charge in [-0.25, -0.2) is 0 Å². The summed E-state index contributed by atoms with van der Waals surface area (Å²) in [5, 5.41) is 9.28. The molecule has 1 aromatic carbocycles. The van der Waals surface area contributed by atoms with Crippen LogP contribution in [0.4, 0.5) is 0 Å². The predicted octanol–water partition coefficient (Wildman–Crippen LogP) is 6.19. The highest BCUT2D eigenvalue weighted by Gasteiger charge is 2.00. The van der Waals surface area contributed by atoms with E-state index in [0.717, 1.165) is 5.56 Å². The zero-order valence-electron chi connectivity index (χ0n) is 13.7. The molecule has 1 N–H and O–H groups in total. The molecule has 21 heavy (non-hydrogen) atoms. The summed E-state index contributed by atoms with van der Waals surface area (Å²) < 4.78 is 0. The van der Waals surface area contributed by atoms with Crippen LogP contribution in [0.5, 0.6) is 0 Å². The number of aliphatic hydroxyl groups is 1. The van der Waals surface area contributed by atoms with Crippen LogP contribution in [0.2, 0.25) is 0 Å². The van der Waals surface area contributed by atoms with Crippen molar-refractivity contribution in [2.75, 3.05) is 5.75 Å². The van der Waals surface area contributed by atoms with E-state index in [1.165, 1.54) is 74.9 Å². The van der Waals surface area contributed by atoms with E-state index in [-0.39, 0.29) is 6.61 Å². The molecule has 0 bridgehead atoms. The lowest BCUT2D eigenvalue weighted by Gasteiger charge is -2.06. The topological polar surface area (TPSA) is 20.2 Å². The summed E-state index contributed by atoms with van der Waals surface area (Å²) in [6, 6.07) is 8.18. The van der Waals surface area contributed by atoms with E-state index in [9.17, 15) is 5.11 Å². The van der Waals surface area contributed by atoms with Crippen molar-refractivity contribution < 1.29 is 5.11 Å². The number of aliphatic hydroxyl groups excluding tert-OH is 1. The number of rotatable bonds is 13. The molecule has 0 saturated carbocycles. The van der Waals surface area contributed by atoms with Crippen LogP contribution >= 0.6 is 11.8 Å². The Kier molecular flexibility index (Phi) is 11.7. The Morgan fingerprint density at radius 2 is 1.38 bits per heavy atom. The van der Waals surface area contributed by atoms with Crippen molar-refractivity contribution >= 4 is 11.8 Å². The third-order valence-electron chi connectivity index (χ3n) is 3.90. The molecule has 0 heterocycles.